The molecule has 0 saturated heterocycles. The molecule has 0 radical (unpaired) electrons. The Bertz CT molecular complexity index is 1310. The second kappa shape index (κ2) is 11.0. The first kappa shape index (κ1) is 23.5. The third-order valence-electron chi connectivity index (χ3n) is 5.82. The van der Waals surface area contributed by atoms with E-state index in [9.17, 15) is 9.59 Å². The Morgan fingerprint density at radius 1 is 0.829 bits per heavy atom. The van der Waals surface area contributed by atoms with Gasteiger partial charge in [-0.1, -0.05) is 66.6 Å². The minimum atomic E-state index is -0.502. The van der Waals surface area contributed by atoms with E-state index in [4.69, 9.17) is 11.2 Å². The number of benzene rings is 4. The smallest absolute Gasteiger partial charge is 0.343 e. The highest BCUT2D eigenvalue weighted by Gasteiger charge is 2.16. The number of carbonyl (C=O) groups is 2. The zero-order valence-corrected chi connectivity index (χ0v) is 19.4. The van der Waals surface area contributed by atoms with E-state index in [1.165, 1.54) is 0 Å². The number of ether oxygens (including phenoxy) is 1. The molecule has 0 spiro atoms. The zero-order valence-electron chi connectivity index (χ0n) is 19.4. The molecule has 4 rings (SSSR count). The van der Waals surface area contributed by atoms with Crippen LogP contribution in [0.25, 0.3) is 0 Å². The van der Waals surface area contributed by atoms with Crippen molar-refractivity contribution in [3.05, 3.63) is 137 Å². The van der Waals surface area contributed by atoms with Crippen molar-refractivity contribution < 1.29 is 14.3 Å². The van der Waals surface area contributed by atoms with Crippen LogP contribution in [0.4, 0.5) is 0 Å². The molecule has 0 bridgehead atoms. The number of aryl methyl sites for hydroxylation is 1. The summed E-state index contributed by atoms with van der Waals surface area (Å²) in [6.07, 6.45) is 5.44. The quantitative estimate of drug-likeness (QED) is 0.217. The Labute approximate surface area is 205 Å². The Kier molecular flexibility index (Phi) is 7.40. The van der Waals surface area contributed by atoms with Crippen LogP contribution in [0.3, 0.4) is 0 Å². The molecule has 0 aliphatic rings. The summed E-state index contributed by atoms with van der Waals surface area (Å²) in [7, 11) is 0. The van der Waals surface area contributed by atoms with E-state index in [-0.39, 0.29) is 11.8 Å². The van der Waals surface area contributed by atoms with Gasteiger partial charge in [0.25, 0.3) is 5.91 Å². The van der Waals surface area contributed by atoms with Gasteiger partial charge in [-0.25, -0.2) is 4.79 Å². The van der Waals surface area contributed by atoms with Crippen LogP contribution < -0.4 is 10.1 Å². The van der Waals surface area contributed by atoms with Gasteiger partial charge in [-0.3, -0.25) is 4.79 Å². The standard InChI is InChI=1S/C31H25NO3/c1-3-23-18-19-28(20-22(23)2)35-31(34)27-16-14-26(15-17-27)30(33)32-21-29(24-10-6-4-7-11-24)25-12-8-5-9-13-25/h1,4-20,29H,21H2,2H3,(H,32,33). The van der Waals surface area contributed by atoms with E-state index >= 15 is 0 Å². The summed E-state index contributed by atoms with van der Waals surface area (Å²) in [4.78, 5) is 25.4. The molecule has 172 valence electrons. The van der Waals surface area contributed by atoms with E-state index in [2.05, 4.69) is 35.5 Å². The molecule has 0 unspecified atom stereocenters. The topological polar surface area (TPSA) is 55.4 Å². The Morgan fingerprint density at radius 3 is 1.94 bits per heavy atom. The molecule has 4 heteroatoms. The van der Waals surface area contributed by atoms with Gasteiger partial charge in [0.15, 0.2) is 0 Å². The van der Waals surface area contributed by atoms with E-state index in [1.807, 2.05) is 43.3 Å². The fourth-order valence-electron chi connectivity index (χ4n) is 3.88. The van der Waals surface area contributed by atoms with Crippen molar-refractivity contribution in [2.24, 2.45) is 0 Å². The predicted molar refractivity (Wildman–Crippen MR) is 138 cm³/mol. The highest BCUT2D eigenvalue weighted by molar-refractivity contribution is 5.96. The second-order valence-corrected chi connectivity index (χ2v) is 8.17. The van der Waals surface area contributed by atoms with Crippen LogP contribution in [-0.2, 0) is 0 Å². The SMILES string of the molecule is C#Cc1ccc(OC(=O)c2ccc(C(=O)NCC(c3ccccc3)c3ccccc3)cc2)cc1C. The van der Waals surface area contributed by atoms with E-state index < -0.39 is 5.97 Å². The summed E-state index contributed by atoms with van der Waals surface area (Å²) in [6.45, 7) is 2.31. The van der Waals surface area contributed by atoms with Crippen molar-refractivity contribution in [1.82, 2.24) is 5.32 Å². The summed E-state index contributed by atoms with van der Waals surface area (Å²) >= 11 is 0. The van der Waals surface area contributed by atoms with Gasteiger partial charge in [0.05, 0.1) is 5.56 Å². The first-order valence-corrected chi connectivity index (χ1v) is 11.3. The average Bonchev–Trinajstić information content (AvgIpc) is 2.90. The Hall–Kier alpha value is -4.62. The van der Waals surface area contributed by atoms with Crippen LogP contribution in [-0.4, -0.2) is 18.4 Å². The van der Waals surface area contributed by atoms with Crippen molar-refractivity contribution in [3.8, 4) is 18.1 Å². The Balaban J connectivity index is 1.41. The molecule has 1 amide bonds. The van der Waals surface area contributed by atoms with Crippen LogP contribution in [0.1, 0.15) is 48.9 Å². The highest BCUT2D eigenvalue weighted by atomic mass is 16.5. The molecule has 4 nitrogen and oxygen atoms in total. The number of esters is 1. The summed E-state index contributed by atoms with van der Waals surface area (Å²) in [6, 6.07) is 31.7. The van der Waals surface area contributed by atoms with Crippen LogP contribution in [0.2, 0.25) is 0 Å². The third-order valence-corrected chi connectivity index (χ3v) is 5.82. The maximum Gasteiger partial charge on any atom is 0.343 e. The van der Waals surface area contributed by atoms with Gasteiger partial charge >= 0.3 is 5.97 Å². The molecular weight excluding hydrogens is 434 g/mol. The molecule has 4 aromatic rings. The molecule has 0 saturated carbocycles. The number of hydrogen-bond acceptors (Lipinski definition) is 3. The number of rotatable bonds is 7. The van der Waals surface area contributed by atoms with Crippen molar-refractivity contribution in [2.75, 3.05) is 6.54 Å². The van der Waals surface area contributed by atoms with Crippen molar-refractivity contribution in [3.63, 3.8) is 0 Å². The van der Waals surface area contributed by atoms with Crippen LogP contribution in [0.5, 0.6) is 5.75 Å². The van der Waals surface area contributed by atoms with Gasteiger partial charge in [0, 0.05) is 23.6 Å². The number of amides is 1. The van der Waals surface area contributed by atoms with Gasteiger partial charge in [-0.2, -0.15) is 0 Å². The minimum absolute atomic E-state index is 0.0277. The monoisotopic (exact) mass is 459 g/mol. The lowest BCUT2D eigenvalue weighted by Crippen LogP contribution is -2.29. The van der Waals surface area contributed by atoms with Gasteiger partial charge in [-0.05, 0) is 66.1 Å². The first-order valence-electron chi connectivity index (χ1n) is 11.3. The molecule has 0 atom stereocenters. The van der Waals surface area contributed by atoms with Crippen LogP contribution in [0, 0.1) is 19.3 Å². The van der Waals surface area contributed by atoms with E-state index in [1.54, 1.807) is 42.5 Å². The normalized spacial score (nSPS) is 10.4. The molecule has 4 aromatic carbocycles. The van der Waals surface area contributed by atoms with E-state index in [0.717, 1.165) is 22.3 Å². The molecule has 0 fully saturated rings. The summed E-state index contributed by atoms with van der Waals surface area (Å²) in [5, 5.41) is 3.03. The van der Waals surface area contributed by atoms with Crippen molar-refractivity contribution >= 4 is 11.9 Å². The predicted octanol–water partition coefficient (Wildman–Crippen LogP) is 5.76. The molecule has 1 N–H and O–H groups in total. The fourth-order valence-corrected chi connectivity index (χ4v) is 3.88. The summed E-state index contributed by atoms with van der Waals surface area (Å²) < 4.78 is 5.45. The maximum absolute atomic E-state index is 12.8. The lowest BCUT2D eigenvalue weighted by atomic mass is 9.91. The Morgan fingerprint density at radius 2 is 1.40 bits per heavy atom. The summed E-state index contributed by atoms with van der Waals surface area (Å²) in [5.74, 6) is 2.32. The second-order valence-electron chi connectivity index (χ2n) is 8.17. The minimum Gasteiger partial charge on any atom is -0.423 e. The maximum atomic E-state index is 12.8. The van der Waals surface area contributed by atoms with Gasteiger partial charge in [0.2, 0.25) is 0 Å². The van der Waals surface area contributed by atoms with Gasteiger partial charge in [0.1, 0.15) is 5.75 Å². The van der Waals surface area contributed by atoms with Crippen LogP contribution >= 0.6 is 0 Å². The lowest BCUT2D eigenvalue weighted by molar-refractivity contribution is 0.0734. The largest absolute Gasteiger partial charge is 0.423 e. The van der Waals surface area contributed by atoms with Crippen molar-refractivity contribution in [2.45, 2.75) is 12.8 Å². The molecule has 35 heavy (non-hydrogen) atoms. The fraction of sp³-hybridized carbons (Fsp3) is 0.0968. The number of nitrogens with one attached hydrogen (secondary N) is 1. The molecule has 0 aliphatic carbocycles. The molecule has 0 heterocycles. The highest BCUT2D eigenvalue weighted by Crippen LogP contribution is 2.24. The third kappa shape index (κ3) is 5.85. The van der Waals surface area contributed by atoms with Crippen LogP contribution in [0.15, 0.2) is 103 Å². The summed E-state index contributed by atoms with van der Waals surface area (Å²) in [5.41, 5.74) is 4.68. The molecule has 0 aliphatic heterocycles. The van der Waals surface area contributed by atoms with E-state index in [0.29, 0.717) is 23.4 Å². The number of carbonyl (C=O) groups excluding carboxylic acids is 2. The lowest BCUT2D eigenvalue weighted by Gasteiger charge is -2.19. The van der Waals surface area contributed by atoms with Crippen molar-refractivity contribution in [1.29, 1.82) is 0 Å². The van der Waals surface area contributed by atoms with Gasteiger partial charge < -0.3 is 10.1 Å². The molecular formula is C31H25NO3. The number of hydrogen-bond donors (Lipinski definition) is 1. The molecule has 0 aromatic heterocycles. The zero-order chi connectivity index (χ0) is 24.6. The first-order chi connectivity index (χ1) is 17.0. The number of terminal acetylenes is 1. The average molecular weight is 460 g/mol. The van der Waals surface area contributed by atoms with Gasteiger partial charge in [-0.15, -0.1) is 6.42 Å².